The SMILES string of the molecule is C[C@@H](NC(=O)CC[C@H]1CCCO1)c1cccc(-n2ccnc2)c1. The van der Waals surface area contributed by atoms with Gasteiger partial charge in [0.25, 0.3) is 0 Å². The predicted octanol–water partition coefficient (Wildman–Crippen LogP) is 3.01. The fourth-order valence-electron chi connectivity index (χ4n) is 2.93. The van der Waals surface area contributed by atoms with Gasteiger partial charge in [0, 0.05) is 31.1 Å². The molecule has 0 unspecified atom stereocenters. The number of nitrogens with zero attached hydrogens (tertiary/aromatic N) is 2. The standard InChI is InChI=1S/C18H23N3O2/c1-14(20-18(22)8-7-17-6-3-11-23-17)15-4-2-5-16(12-15)21-10-9-19-13-21/h2,4-5,9-10,12-14,17H,3,6-8,11H2,1H3,(H,20,22)/t14-,17-/m1/s1. The number of nitrogens with one attached hydrogen (secondary N) is 1. The van der Waals surface area contributed by atoms with E-state index in [9.17, 15) is 4.79 Å². The van der Waals surface area contributed by atoms with E-state index in [-0.39, 0.29) is 18.1 Å². The Morgan fingerprint density at radius 1 is 1.52 bits per heavy atom. The van der Waals surface area contributed by atoms with Crippen molar-refractivity contribution in [3.63, 3.8) is 0 Å². The van der Waals surface area contributed by atoms with Crippen molar-refractivity contribution in [1.82, 2.24) is 14.9 Å². The zero-order valence-electron chi connectivity index (χ0n) is 13.4. The van der Waals surface area contributed by atoms with Gasteiger partial charge in [0.15, 0.2) is 0 Å². The second-order valence-electron chi connectivity index (χ2n) is 6.03. The summed E-state index contributed by atoms with van der Waals surface area (Å²) in [6, 6.07) is 8.12. The molecule has 1 aromatic heterocycles. The highest BCUT2D eigenvalue weighted by molar-refractivity contribution is 5.76. The Labute approximate surface area is 136 Å². The number of benzene rings is 1. The van der Waals surface area contributed by atoms with Crippen molar-refractivity contribution in [2.75, 3.05) is 6.61 Å². The third kappa shape index (κ3) is 4.20. The van der Waals surface area contributed by atoms with Crippen LogP contribution in [0.15, 0.2) is 43.0 Å². The van der Waals surface area contributed by atoms with E-state index in [0.717, 1.165) is 37.1 Å². The van der Waals surface area contributed by atoms with Crippen LogP contribution in [0.25, 0.3) is 5.69 Å². The number of aromatic nitrogens is 2. The molecule has 0 aliphatic carbocycles. The molecule has 1 aromatic carbocycles. The fourth-order valence-corrected chi connectivity index (χ4v) is 2.93. The van der Waals surface area contributed by atoms with Crippen LogP contribution in [0.5, 0.6) is 0 Å². The van der Waals surface area contributed by atoms with Crippen molar-refractivity contribution < 1.29 is 9.53 Å². The predicted molar refractivity (Wildman–Crippen MR) is 88.3 cm³/mol. The van der Waals surface area contributed by atoms with Crippen molar-refractivity contribution in [1.29, 1.82) is 0 Å². The van der Waals surface area contributed by atoms with Gasteiger partial charge in [-0.15, -0.1) is 0 Å². The molecule has 1 fully saturated rings. The van der Waals surface area contributed by atoms with Crippen LogP contribution in [0.1, 0.15) is 44.2 Å². The van der Waals surface area contributed by atoms with E-state index in [2.05, 4.69) is 16.4 Å². The third-order valence-electron chi connectivity index (χ3n) is 4.27. The maximum Gasteiger partial charge on any atom is 0.220 e. The van der Waals surface area contributed by atoms with Gasteiger partial charge in [-0.3, -0.25) is 4.79 Å². The molecule has 3 rings (SSSR count). The van der Waals surface area contributed by atoms with E-state index >= 15 is 0 Å². The summed E-state index contributed by atoms with van der Waals surface area (Å²) in [5.74, 6) is 0.0843. The molecule has 1 amide bonds. The Kier molecular flexibility index (Phi) is 5.08. The minimum Gasteiger partial charge on any atom is -0.378 e. The zero-order chi connectivity index (χ0) is 16.1. The highest BCUT2D eigenvalue weighted by atomic mass is 16.5. The monoisotopic (exact) mass is 313 g/mol. The molecular formula is C18H23N3O2. The van der Waals surface area contributed by atoms with Gasteiger partial charge in [0.1, 0.15) is 0 Å². The average Bonchev–Trinajstić information content (AvgIpc) is 3.26. The second kappa shape index (κ2) is 7.42. The van der Waals surface area contributed by atoms with Crippen LogP contribution in [-0.4, -0.2) is 28.2 Å². The van der Waals surface area contributed by atoms with Crippen molar-refractivity contribution >= 4 is 5.91 Å². The fraction of sp³-hybridized carbons (Fsp3) is 0.444. The first-order valence-corrected chi connectivity index (χ1v) is 8.21. The summed E-state index contributed by atoms with van der Waals surface area (Å²) in [7, 11) is 0. The molecule has 0 saturated carbocycles. The van der Waals surface area contributed by atoms with E-state index in [1.54, 1.807) is 12.5 Å². The van der Waals surface area contributed by atoms with Crippen molar-refractivity contribution in [2.45, 2.75) is 44.8 Å². The molecule has 0 bridgehead atoms. The van der Waals surface area contributed by atoms with Gasteiger partial charge >= 0.3 is 0 Å². The summed E-state index contributed by atoms with van der Waals surface area (Å²) in [6.07, 6.45) is 9.22. The number of imidazole rings is 1. The van der Waals surface area contributed by atoms with Gasteiger partial charge in [-0.05, 0) is 43.9 Å². The molecule has 122 valence electrons. The van der Waals surface area contributed by atoms with Gasteiger partial charge in [-0.1, -0.05) is 12.1 Å². The number of amides is 1. The van der Waals surface area contributed by atoms with Crippen LogP contribution in [-0.2, 0) is 9.53 Å². The van der Waals surface area contributed by atoms with Crippen LogP contribution < -0.4 is 5.32 Å². The lowest BCUT2D eigenvalue weighted by Crippen LogP contribution is -2.27. The molecule has 5 nitrogen and oxygen atoms in total. The van der Waals surface area contributed by atoms with Crippen LogP contribution in [0.4, 0.5) is 0 Å². The first-order valence-electron chi connectivity index (χ1n) is 8.21. The first-order chi connectivity index (χ1) is 11.2. The quantitative estimate of drug-likeness (QED) is 0.892. The van der Waals surface area contributed by atoms with Crippen LogP contribution in [0.2, 0.25) is 0 Å². The number of ether oxygens (including phenoxy) is 1. The molecule has 1 aliphatic heterocycles. The summed E-state index contributed by atoms with van der Waals surface area (Å²) in [5.41, 5.74) is 2.13. The van der Waals surface area contributed by atoms with Crippen molar-refractivity contribution in [2.24, 2.45) is 0 Å². The lowest BCUT2D eigenvalue weighted by molar-refractivity contribution is -0.122. The minimum absolute atomic E-state index is 0.0181. The highest BCUT2D eigenvalue weighted by Gasteiger charge is 2.17. The third-order valence-corrected chi connectivity index (χ3v) is 4.27. The molecule has 0 spiro atoms. The van der Waals surface area contributed by atoms with E-state index in [1.165, 1.54) is 0 Å². The summed E-state index contributed by atoms with van der Waals surface area (Å²) < 4.78 is 7.52. The number of rotatable bonds is 6. The lowest BCUT2D eigenvalue weighted by atomic mass is 10.1. The molecular weight excluding hydrogens is 290 g/mol. The number of hydrogen-bond acceptors (Lipinski definition) is 3. The van der Waals surface area contributed by atoms with Gasteiger partial charge < -0.3 is 14.6 Å². The molecule has 1 saturated heterocycles. The van der Waals surface area contributed by atoms with Crippen molar-refractivity contribution in [3.05, 3.63) is 48.5 Å². The largest absolute Gasteiger partial charge is 0.378 e. The van der Waals surface area contributed by atoms with E-state index < -0.39 is 0 Å². The highest BCUT2D eigenvalue weighted by Crippen LogP contribution is 2.19. The zero-order valence-corrected chi connectivity index (χ0v) is 13.4. The van der Waals surface area contributed by atoms with Crippen LogP contribution >= 0.6 is 0 Å². The van der Waals surface area contributed by atoms with E-state index in [1.807, 2.05) is 35.9 Å². The van der Waals surface area contributed by atoms with Crippen LogP contribution in [0, 0.1) is 0 Å². The maximum absolute atomic E-state index is 12.1. The molecule has 1 aliphatic rings. The Balaban J connectivity index is 1.56. The van der Waals surface area contributed by atoms with Gasteiger partial charge in [0.05, 0.1) is 18.5 Å². The van der Waals surface area contributed by atoms with Gasteiger partial charge in [0.2, 0.25) is 5.91 Å². The summed E-state index contributed by atoms with van der Waals surface area (Å²) >= 11 is 0. The molecule has 1 N–H and O–H groups in total. The summed E-state index contributed by atoms with van der Waals surface area (Å²) in [4.78, 5) is 16.2. The second-order valence-corrected chi connectivity index (χ2v) is 6.03. The topological polar surface area (TPSA) is 56.1 Å². The first kappa shape index (κ1) is 15.7. The summed E-state index contributed by atoms with van der Waals surface area (Å²) in [6.45, 7) is 2.85. The normalized spacial score (nSPS) is 18.7. The lowest BCUT2D eigenvalue weighted by Gasteiger charge is -2.16. The molecule has 5 heteroatoms. The van der Waals surface area contributed by atoms with Crippen molar-refractivity contribution in [3.8, 4) is 5.69 Å². The molecule has 0 radical (unpaired) electrons. The van der Waals surface area contributed by atoms with Gasteiger partial charge in [-0.2, -0.15) is 0 Å². The molecule has 2 heterocycles. The smallest absolute Gasteiger partial charge is 0.220 e. The Morgan fingerprint density at radius 2 is 2.43 bits per heavy atom. The Bertz CT molecular complexity index is 633. The number of carbonyl (C=O) groups excluding carboxylic acids is 1. The van der Waals surface area contributed by atoms with E-state index in [0.29, 0.717) is 6.42 Å². The minimum atomic E-state index is -0.0181. The number of carbonyl (C=O) groups is 1. The number of hydrogen-bond donors (Lipinski definition) is 1. The molecule has 23 heavy (non-hydrogen) atoms. The molecule has 2 atom stereocenters. The summed E-state index contributed by atoms with van der Waals surface area (Å²) in [5, 5.41) is 3.07. The Morgan fingerprint density at radius 3 is 3.17 bits per heavy atom. The van der Waals surface area contributed by atoms with Crippen LogP contribution in [0.3, 0.4) is 0 Å². The van der Waals surface area contributed by atoms with Gasteiger partial charge in [-0.25, -0.2) is 4.98 Å². The Hall–Kier alpha value is -2.14. The maximum atomic E-state index is 12.1. The van der Waals surface area contributed by atoms with E-state index in [4.69, 9.17) is 4.74 Å². The average molecular weight is 313 g/mol. The molecule has 2 aromatic rings.